The predicted molar refractivity (Wildman–Crippen MR) is 158 cm³/mol. The van der Waals surface area contributed by atoms with Crippen molar-refractivity contribution in [2.24, 2.45) is 0 Å². The molecule has 1 fully saturated rings. The molecule has 1 aliphatic heterocycles. The lowest BCUT2D eigenvalue weighted by Gasteiger charge is -2.26. The number of hydrogen-bond donors (Lipinski definition) is 2. The molecular formula is C32H32F2N4O5. The van der Waals surface area contributed by atoms with Gasteiger partial charge in [0.15, 0.2) is 23.1 Å². The van der Waals surface area contributed by atoms with Gasteiger partial charge in [0.1, 0.15) is 18.2 Å². The van der Waals surface area contributed by atoms with E-state index in [1.807, 2.05) is 0 Å². The molecular weight excluding hydrogens is 558 g/mol. The zero-order valence-electron chi connectivity index (χ0n) is 23.7. The smallest absolute Gasteiger partial charge is 0.325 e. The number of rotatable bonds is 10. The van der Waals surface area contributed by atoms with E-state index in [4.69, 9.17) is 14.2 Å². The van der Waals surface area contributed by atoms with Crippen molar-refractivity contribution >= 4 is 28.5 Å². The van der Waals surface area contributed by atoms with Gasteiger partial charge in [0, 0.05) is 35.9 Å². The standard InChI is InChI=1S/C32H32F2N4O5/c1-41-29-19-24-26(20-30(29)42-16-15-38-13-3-2-4-14-38)35-12-11-27(24)43-28-10-9-23(18-25(28)34)36-32(40)37-31(39)17-21-5-7-22(33)8-6-21/h5-12,18-20H,2-4,13-17H2,1H3,(H2,36,37,39,40). The van der Waals surface area contributed by atoms with Crippen LogP contribution in [0.25, 0.3) is 10.9 Å². The molecule has 0 bridgehead atoms. The number of aromatic nitrogens is 1. The van der Waals surface area contributed by atoms with Gasteiger partial charge in [-0.05, 0) is 67.9 Å². The second-order valence-corrected chi connectivity index (χ2v) is 10.1. The molecule has 0 aliphatic carbocycles. The van der Waals surface area contributed by atoms with Gasteiger partial charge in [0.25, 0.3) is 0 Å². The van der Waals surface area contributed by atoms with Crippen molar-refractivity contribution in [2.45, 2.75) is 25.7 Å². The molecule has 3 aromatic carbocycles. The predicted octanol–water partition coefficient (Wildman–Crippen LogP) is 6.07. The number of nitrogens with one attached hydrogen (secondary N) is 2. The normalized spacial score (nSPS) is 13.4. The number of carbonyl (C=O) groups excluding carboxylic acids is 2. The summed E-state index contributed by atoms with van der Waals surface area (Å²) in [5.41, 5.74) is 1.24. The van der Waals surface area contributed by atoms with Gasteiger partial charge in [-0.15, -0.1) is 0 Å². The molecule has 1 saturated heterocycles. The largest absolute Gasteiger partial charge is 0.493 e. The highest BCUT2D eigenvalue weighted by Crippen LogP contribution is 2.37. The van der Waals surface area contributed by atoms with Crippen LogP contribution >= 0.6 is 0 Å². The van der Waals surface area contributed by atoms with E-state index in [0.717, 1.165) is 25.7 Å². The highest BCUT2D eigenvalue weighted by Gasteiger charge is 2.16. The van der Waals surface area contributed by atoms with Gasteiger partial charge >= 0.3 is 6.03 Å². The van der Waals surface area contributed by atoms with E-state index in [1.165, 1.54) is 55.7 Å². The second kappa shape index (κ2) is 13.9. The number of methoxy groups -OCH3 is 1. The van der Waals surface area contributed by atoms with Crippen molar-refractivity contribution < 1.29 is 32.6 Å². The highest BCUT2D eigenvalue weighted by atomic mass is 19.1. The van der Waals surface area contributed by atoms with Crippen LogP contribution in [0.3, 0.4) is 0 Å². The van der Waals surface area contributed by atoms with Crippen molar-refractivity contribution in [3.8, 4) is 23.0 Å². The Hall–Kier alpha value is -4.77. The van der Waals surface area contributed by atoms with Crippen LogP contribution in [-0.4, -0.2) is 55.2 Å². The Balaban J connectivity index is 1.22. The molecule has 43 heavy (non-hydrogen) atoms. The molecule has 0 radical (unpaired) electrons. The third-order valence-corrected chi connectivity index (χ3v) is 7.04. The number of likely N-dealkylation sites (tertiary alicyclic amines) is 1. The number of anilines is 1. The number of nitrogens with zero attached hydrogens (tertiary/aromatic N) is 2. The number of carbonyl (C=O) groups is 2. The summed E-state index contributed by atoms with van der Waals surface area (Å²) in [5, 5.41) is 5.18. The average molecular weight is 591 g/mol. The zero-order valence-corrected chi connectivity index (χ0v) is 23.7. The molecule has 0 atom stereocenters. The van der Waals surface area contributed by atoms with Gasteiger partial charge < -0.3 is 19.5 Å². The molecule has 3 amide bonds. The number of piperidine rings is 1. The molecule has 224 valence electrons. The first-order chi connectivity index (χ1) is 20.9. The summed E-state index contributed by atoms with van der Waals surface area (Å²) in [6.07, 6.45) is 5.14. The molecule has 5 rings (SSSR count). The Morgan fingerprint density at radius 1 is 0.907 bits per heavy atom. The first-order valence-electron chi connectivity index (χ1n) is 14.0. The molecule has 2 N–H and O–H groups in total. The first kappa shape index (κ1) is 29.7. The van der Waals surface area contributed by atoms with E-state index in [1.54, 1.807) is 31.5 Å². The minimum absolute atomic E-state index is 0.0772. The number of hydrogen-bond acceptors (Lipinski definition) is 7. The fraction of sp³-hybridized carbons (Fsp3) is 0.281. The van der Waals surface area contributed by atoms with Crippen LogP contribution in [-0.2, 0) is 11.2 Å². The van der Waals surface area contributed by atoms with Crippen LogP contribution in [0.2, 0.25) is 0 Å². The molecule has 1 aromatic heterocycles. The van der Waals surface area contributed by atoms with Crippen molar-refractivity contribution in [3.63, 3.8) is 0 Å². The summed E-state index contributed by atoms with van der Waals surface area (Å²) < 4.78 is 45.5. The second-order valence-electron chi connectivity index (χ2n) is 10.1. The Morgan fingerprint density at radius 2 is 1.70 bits per heavy atom. The number of benzene rings is 3. The van der Waals surface area contributed by atoms with E-state index in [2.05, 4.69) is 20.5 Å². The number of urea groups is 1. The summed E-state index contributed by atoms with van der Waals surface area (Å²) in [6.45, 7) is 3.51. The van der Waals surface area contributed by atoms with Crippen molar-refractivity contribution in [1.29, 1.82) is 0 Å². The fourth-order valence-corrected chi connectivity index (χ4v) is 4.86. The van der Waals surface area contributed by atoms with Crippen molar-refractivity contribution in [3.05, 3.63) is 84.1 Å². The van der Waals surface area contributed by atoms with Crippen LogP contribution in [0.15, 0.2) is 66.9 Å². The fourth-order valence-electron chi connectivity index (χ4n) is 4.86. The van der Waals surface area contributed by atoms with Gasteiger partial charge in [0.2, 0.25) is 5.91 Å². The number of amides is 3. The van der Waals surface area contributed by atoms with Crippen LogP contribution in [0.4, 0.5) is 19.3 Å². The Bertz CT molecular complexity index is 1590. The third kappa shape index (κ3) is 7.95. The lowest BCUT2D eigenvalue weighted by molar-refractivity contribution is -0.119. The third-order valence-electron chi connectivity index (χ3n) is 7.04. The van der Waals surface area contributed by atoms with E-state index < -0.39 is 23.6 Å². The SMILES string of the molecule is COc1cc2c(Oc3ccc(NC(=O)NC(=O)Cc4ccc(F)cc4)cc3F)ccnc2cc1OCCN1CCCCC1. The molecule has 4 aromatic rings. The summed E-state index contributed by atoms with van der Waals surface area (Å²) in [4.78, 5) is 31.2. The minimum Gasteiger partial charge on any atom is -0.493 e. The highest BCUT2D eigenvalue weighted by molar-refractivity contribution is 6.01. The monoisotopic (exact) mass is 590 g/mol. The van der Waals surface area contributed by atoms with Crippen LogP contribution in [0, 0.1) is 11.6 Å². The topological polar surface area (TPSA) is 102 Å². The molecule has 2 heterocycles. The van der Waals surface area contributed by atoms with Crippen LogP contribution in [0.1, 0.15) is 24.8 Å². The average Bonchev–Trinajstić information content (AvgIpc) is 3.00. The summed E-state index contributed by atoms with van der Waals surface area (Å²) in [5.74, 6) is -0.411. The first-order valence-corrected chi connectivity index (χ1v) is 14.0. The van der Waals surface area contributed by atoms with E-state index in [9.17, 15) is 14.0 Å². The molecule has 0 unspecified atom stereocenters. The van der Waals surface area contributed by atoms with Gasteiger partial charge in [-0.3, -0.25) is 20.0 Å². The molecule has 0 saturated carbocycles. The van der Waals surface area contributed by atoms with Crippen LogP contribution < -0.4 is 24.8 Å². The summed E-state index contributed by atoms with van der Waals surface area (Å²) in [6, 6.07) is 13.6. The molecule has 1 aliphatic rings. The number of fused-ring (bicyclic) bond motifs is 1. The van der Waals surface area contributed by atoms with Crippen LogP contribution in [0.5, 0.6) is 23.0 Å². The van der Waals surface area contributed by atoms with E-state index in [0.29, 0.717) is 40.3 Å². The number of imide groups is 1. The Morgan fingerprint density at radius 3 is 2.44 bits per heavy atom. The lowest BCUT2D eigenvalue weighted by atomic mass is 10.1. The number of ether oxygens (including phenoxy) is 3. The quantitative estimate of drug-likeness (QED) is 0.231. The molecule has 9 nitrogen and oxygen atoms in total. The summed E-state index contributed by atoms with van der Waals surface area (Å²) >= 11 is 0. The van der Waals surface area contributed by atoms with Crippen molar-refractivity contribution in [1.82, 2.24) is 15.2 Å². The molecule has 0 spiro atoms. The maximum Gasteiger partial charge on any atom is 0.325 e. The van der Waals surface area contributed by atoms with Gasteiger partial charge in [0.05, 0.1) is 19.0 Å². The van der Waals surface area contributed by atoms with Gasteiger partial charge in [-0.1, -0.05) is 18.6 Å². The Kier molecular flexibility index (Phi) is 9.63. The minimum atomic E-state index is -0.832. The van der Waals surface area contributed by atoms with E-state index >= 15 is 4.39 Å². The maximum atomic E-state index is 15.0. The van der Waals surface area contributed by atoms with Gasteiger partial charge in [-0.25, -0.2) is 13.6 Å². The Labute approximate surface area is 247 Å². The summed E-state index contributed by atoms with van der Waals surface area (Å²) in [7, 11) is 1.55. The lowest BCUT2D eigenvalue weighted by Crippen LogP contribution is -2.35. The maximum absolute atomic E-state index is 15.0. The number of halogens is 2. The van der Waals surface area contributed by atoms with Gasteiger partial charge in [-0.2, -0.15) is 0 Å². The number of pyridine rings is 1. The molecule has 11 heteroatoms. The van der Waals surface area contributed by atoms with Crippen molar-refractivity contribution in [2.75, 3.05) is 38.7 Å². The van der Waals surface area contributed by atoms with E-state index in [-0.39, 0.29) is 17.9 Å². The zero-order chi connectivity index (χ0) is 30.2.